The zero-order chi connectivity index (χ0) is 13.2. The topological polar surface area (TPSA) is 61.2 Å². The number of nitrogens with zero attached hydrogens (tertiary/aromatic N) is 3. The second-order valence-electron chi connectivity index (χ2n) is 4.57. The van der Waals surface area contributed by atoms with Crippen molar-refractivity contribution >= 4 is 0 Å². The van der Waals surface area contributed by atoms with Gasteiger partial charge in [-0.25, -0.2) is 0 Å². The lowest BCUT2D eigenvalue weighted by Crippen LogP contribution is -2.20. The lowest BCUT2D eigenvalue weighted by molar-refractivity contribution is 0.174. The molecule has 1 aromatic heterocycles. The van der Waals surface area contributed by atoms with Gasteiger partial charge in [-0.2, -0.15) is 0 Å². The van der Waals surface area contributed by atoms with Gasteiger partial charge in [0.15, 0.2) is 11.5 Å². The maximum Gasteiger partial charge on any atom is 0.231 e. The van der Waals surface area contributed by atoms with Gasteiger partial charge >= 0.3 is 0 Å². The van der Waals surface area contributed by atoms with Crippen LogP contribution in [0.1, 0.15) is 24.4 Å². The number of benzene rings is 1. The molecule has 2 heterocycles. The van der Waals surface area contributed by atoms with Gasteiger partial charge in [-0.05, 0) is 24.6 Å². The van der Waals surface area contributed by atoms with Crippen molar-refractivity contribution in [2.24, 2.45) is 7.05 Å². The molecule has 100 valence electrons. The highest BCUT2D eigenvalue weighted by molar-refractivity contribution is 5.45. The van der Waals surface area contributed by atoms with Crippen LogP contribution in [-0.4, -0.2) is 21.6 Å². The summed E-state index contributed by atoms with van der Waals surface area (Å²) in [6, 6.07) is 6.20. The third-order valence-corrected chi connectivity index (χ3v) is 3.27. The lowest BCUT2D eigenvalue weighted by atomic mass is 10.1. The van der Waals surface area contributed by atoms with E-state index in [-0.39, 0.29) is 6.04 Å². The highest BCUT2D eigenvalue weighted by Gasteiger charge is 2.15. The van der Waals surface area contributed by atoms with Gasteiger partial charge in [-0.3, -0.25) is 0 Å². The van der Waals surface area contributed by atoms with Crippen LogP contribution in [0.3, 0.4) is 0 Å². The highest BCUT2D eigenvalue weighted by atomic mass is 16.7. The Morgan fingerprint density at radius 1 is 1.37 bits per heavy atom. The van der Waals surface area contributed by atoms with E-state index in [2.05, 4.69) is 22.4 Å². The Kier molecular flexibility index (Phi) is 3.08. The molecule has 1 atom stereocenters. The monoisotopic (exact) mass is 260 g/mol. The number of rotatable bonds is 4. The fourth-order valence-corrected chi connectivity index (χ4v) is 2.01. The van der Waals surface area contributed by atoms with Crippen LogP contribution in [0.4, 0.5) is 0 Å². The van der Waals surface area contributed by atoms with E-state index in [1.165, 1.54) is 0 Å². The largest absolute Gasteiger partial charge is 0.454 e. The Balaban J connectivity index is 1.67. The normalized spacial score (nSPS) is 14.6. The van der Waals surface area contributed by atoms with Crippen LogP contribution in [0.2, 0.25) is 0 Å². The van der Waals surface area contributed by atoms with Gasteiger partial charge in [0.1, 0.15) is 12.2 Å². The fourth-order valence-electron chi connectivity index (χ4n) is 2.01. The number of aryl methyl sites for hydroxylation is 1. The third-order valence-electron chi connectivity index (χ3n) is 3.27. The Labute approximate surface area is 111 Å². The number of hydrogen-bond acceptors (Lipinski definition) is 5. The molecule has 0 saturated heterocycles. The van der Waals surface area contributed by atoms with Gasteiger partial charge in [-0.1, -0.05) is 6.07 Å². The first-order chi connectivity index (χ1) is 9.24. The Morgan fingerprint density at radius 3 is 3.00 bits per heavy atom. The van der Waals surface area contributed by atoms with Crippen LogP contribution in [0.5, 0.6) is 11.5 Å². The summed E-state index contributed by atoms with van der Waals surface area (Å²) in [5, 5.41) is 11.3. The van der Waals surface area contributed by atoms with E-state index < -0.39 is 0 Å². The molecule has 0 spiro atoms. The number of fused-ring (bicyclic) bond motifs is 1. The van der Waals surface area contributed by atoms with Gasteiger partial charge in [0.25, 0.3) is 0 Å². The average molecular weight is 260 g/mol. The van der Waals surface area contributed by atoms with Crippen molar-refractivity contribution in [2.75, 3.05) is 6.79 Å². The fraction of sp³-hybridized carbons (Fsp3) is 0.385. The summed E-state index contributed by atoms with van der Waals surface area (Å²) < 4.78 is 12.6. The van der Waals surface area contributed by atoms with Crippen molar-refractivity contribution in [3.63, 3.8) is 0 Å². The summed E-state index contributed by atoms with van der Waals surface area (Å²) in [6.45, 7) is 3.08. The molecule has 0 saturated carbocycles. The van der Waals surface area contributed by atoms with Crippen molar-refractivity contribution in [3.05, 3.63) is 35.9 Å². The van der Waals surface area contributed by atoms with Crippen LogP contribution in [0.25, 0.3) is 0 Å². The van der Waals surface area contributed by atoms with E-state index in [1.807, 2.05) is 29.8 Å². The van der Waals surface area contributed by atoms with Crippen LogP contribution >= 0.6 is 0 Å². The average Bonchev–Trinajstić information content (AvgIpc) is 3.03. The second-order valence-corrected chi connectivity index (χ2v) is 4.57. The minimum Gasteiger partial charge on any atom is -0.454 e. The van der Waals surface area contributed by atoms with Gasteiger partial charge < -0.3 is 19.4 Å². The smallest absolute Gasteiger partial charge is 0.231 e. The maximum absolute atomic E-state index is 5.38. The van der Waals surface area contributed by atoms with Crippen molar-refractivity contribution in [1.29, 1.82) is 0 Å². The molecule has 1 aliphatic heterocycles. The first-order valence-electron chi connectivity index (χ1n) is 6.20. The SMILES string of the molecule is CC(NCc1nncn1C)c1ccc2c(c1)OCO2. The number of hydrogen-bond donors (Lipinski definition) is 1. The first-order valence-corrected chi connectivity index (χ1v) is 6.20. The van der Waals surface area contributed by atoms with Crippen LogP contribution in [0.15, 0.2) is 24.5 Å². The maximum atomic E-state index is 5.38. The van der Waals surface area contributed by atoms with Gasteiger partial charge in [0.05, 0.1) is 6.54 Å². The van der Waals surface area contributed by atoms with Crippen LogP contribution < -0.4 is 14.8 Å². The van der Waals surface area contributed by atoms with E-state index in [0.29, 0.717) is 13.3 Å². The standard InChI is InChI=1S/C13H16N4O2/c1-9(14-6-13-16-15-7-17(13)2)10-3-4-11-12(5-10)19-8-18-11/h3-5,7,9,14H,6,8H2,1-2H3. The molecule has 0 fully saturated rings. The predicted octanol–water partition coefficient (Wildman–Crippen LogP) is 1.39. The summed E-state index contributed by atoms with van der Waals surface area (Å²) in [5.41, 5.74) is 1.16. The Morgan fingerprint density at radius 2 is 2.21 bits per heavy atom. The van der Waals surface area contributed by atoms with Gasteiger partial charge in [-0.15, -0.1) is 10.2 Å². The summed E-state index contributed by atoms with van der Waals surface area (Å²) in [7, 11) is 1.93. The van der Waals surface area contributed by atoms with Crippen LogP contribution in [0, 0.1) is 0 Å². The molecule has 2 aromatic rings. The van der Waals surface area contributed by atoms with E-state index >= 15 is 0 Å². The van der Waals surface area contributed by atoms with Crippen molar-refractivity contribution < 1.29 is 9.47 Å². The zero-order valence-electron chi connectivity index (χ0n) is 11.0. The minimum atomic E-state index is 0.200. The molecule has 1 N–H and O–H groups in total. The number of nitrogens with one attached hydrogen (secondary N) is 1. The molecule has 0 amide bonds. The molecule has 1 aromatic carbocycles. The molecule has 0 aliphatic carbocycles. The predicted molar refractivity (Wildman–Crippen MR) is 68.8 cm³/mol. The van der Waals surface area contributed by atoms with E-state index in [4.69, 9.17) is 9.47 Å². The van der Waals surface area contributed by atoms with Crippen molar-refractivity contribution in [2.45, 2.75) is 19.5 Å². The molecule has 19 heavy (non-hydrogen) atoms. The molecule has 1 aliphatic rings. The summed E-state index contributed by atoms with van der Waals surface area (Å²) in [4.78, 5) is 0. The lowest BCUT2D eigenvalue weighted by Gasteiger charge is -2.14. The van der Waals surface area contributed by atoms with E-state index in [9.17, 15) is 0 Å². The minimum absolute atomic E-state index is 0.200. The van der Waals surface area contributed by atoms with Crippen molar-refractivity contribution in [3.8, 4) is 11.5 Å². The first kappa shape index (κ1) is 12.0. The Bertz CT molecular complexity index is 582. The molecule has 0 bridgehead atoms. The quantitative estimate of drug-likeness (QED) is 0.900. The molecule has 1 unspecified atom stereocenters. The zero-order valence-corrected chi connectivity index (χ0v) is 11.0. The highest BCUT2D eigenvalue weighted by Crippen LogP contribution is 2.34. The summed E-state index contributed by atoms with van der Waals surface area (Å²) in [5.74, 6) is 2.53. The number of ether oxygens (including phenoxy) is 2. The Hall–Kier alpha value is -2.08. The number of aromatic nitrogens is 3. The van der Waals surface area contributed by atoms with Crippen LogP contribution in [-0.2, 0) is 13.6 Å². The van der Waals surface area contributed by atoms with Gasteiger partial charge in [0.2, 0.25) is 6.79 Å². The molecular formula is C13H16N4O2. The van der Waals surface area contributed by atoms with Gasteiger partial charge in [0, 0.05) is 13.1 Å². The molecule has 3 rings (SSSR count). The molecule has 0 radical (unpaired) electrons. The second kappa shape index (κ2) is 4.89. The summed E-state index contributed by atoms with van der Waals surface area (Å²) in [6.07, 6.45) is 1.70. The molecular weight excluding hydrogens is 244 g/mol. The summed E-state index contributed by atoms with van der Waals surface area (Å²) >= 11 is 0. The van der Waals surface area contributed by atoms with Crippen molar-refractivity contribution in [1.82, 2.24) is 20.1 Å². The third kappa shape index (κ3) is 2.39. The van der Waals surface area contributed by atoms with E-state index in [0.717, 1.165) is 22.9 Å². The van der Waals surface area contributed by atoms with E-state index in [1.54, 1.807) is 6.33 Å². The molecule has 6 heteroatoms. The molecule has 6 nitrogen and oxygen atoms in total.